The summed E-state index contributed by atoms with van der Waals surface area (Å²) >= 11 is 0. The predicted molar refractivity (Wildman–Crippen MR) is 123 cm³/mol. The van der Waals surface area contributed by atoms with E-state index in [1.165, 1.54) is 0 Å². The van der Waals surface area contributed by atoms with Crippen molar-refractivity contribution in [3.63, 3.8) is 0 Å². The molecule has 0 fully saturated rings. The lowest BCUT2D eigenvalue weighted by molar-refractivity contribution is -0.116. The number of ether oxygens (including phenoxy) is 1. The number of aryl methyl sites for hydroxylation is 1. The number of rotatable bonds is 7. The lowest BCUT2D eigenvalue weighted by Gasteiger charge is -2.18. The molecule has 1 aliphatic heterocycles. The number of fused-ring (bicyclic) bond motifs is 1. The van der Waals surface area contributed by atoms with Gasteiger partial charge in [0.25, 0.3) is 0 Å². The molecular weight excluding hydrogens is 505 g/mol. The first-order chi connectivity index (χ1) is 14.0. The quantitative estimate of drug-likeness (QED) is 0.222. The van der Waals surface area contributed by atoms with E-state index in [2.05, 4.69) is 20.9 Å². The molecule has 2 aromatic carbocycles. The third-order valence-electron chi connectivity index (χ3n) is 4.39. The second-order valence-corrected chi connectivity index (χ2v) is 6.57. The second-order valence-electron chi connectivity index (χ2n) is 6.57. The molecule has 0 saturated heterocycles. The maximum absolute atomic E-state index is 13.7. The third kappa shape index (κ3) is 6.82. The SMILES string of the molecule is CCNC(=NCc1cc(F)ccc1F)NCCOc1ccc2c(c1)CCC(=O)N2.I. The van der Waals surface area contributed by atoms with Crippen molar-refractivity contribution in [1.82, 2.24) is 10.6 Å². The number of nitrogens with one attached hydrogen (secondary N) is 3. The van der Waals surface area contributed by atoms with Gasteiger partial charge in [0.2, 0.25) is 5.91 Å². The standard InChI is InChI=1S/C21H24F2N4O2.HI/c1-2-24-21(26-13-15-11-16(22)4-6-18(15)23)25-9-10-29-17-5-7-19-14(12-17)3-8-20(28)27-19;/h4-7,11-12H,2-3,8-10,13H2,1H3,(H,27,28)(H2,24,25,26);1H. The molecule has 0 atom stereocenters. The van der Waals surface area contributed by atoms with Crippen LogP contribution in [0.25, 0.3) is 0 Å². The summed E-state index contributed by atoms with van der Waals surface area (Å²) in [6.45, 7) is 3.45. The fourth-order valence-electron chi connectivity index (χ4n) is 2.96. The van der Waals surface area contributed by atoms with Crippen molar-refractivity contribution in [2.75, 3.05) is 25.0 Å². The molecule has 162 valence electrons. The van der Waals surface area contributed by atoms with Gasteiger partial charge >= 0.3 is 0 Å². The summed E-state index contributed by atoms with van der Waals surface area (Å²) in [4.78, 5) is 15.7. The minimum Gasteiger partial charge on any atom is -0.492 e. The van der Waals surface area contributed by atoms with Crippen molar-refractivity contribution in [3.8, 4) is 5.75 Å². The summed E-state index contributed by atoms with van der Waals surface area (Å²) in [5, 5.41) is 9.00. The summed E-state index contributed by atoms with van der Waals surface area (Å²) in [7, 11) is 0. The Hall–Kier alpha value is -2.43. The molecule has 0 aromatic heterocycles. The topological polar surface area (TPSA) is 74.8 Å². The first-order valence-corrected chi connectivity index (χ1v) is 9.57. The van der Waals surface area contributed by atoms with E-state index in [1.54, 1.807) is 0 Å². The zero-order valence-electron chi connectivity index (χ0n) is 16.6. The Labute approximate surface area is 191 Å². The average molecular weight is 530 g/mol. The van der Waals surface area contributed by atoms with E-state index in [0.29, 0.717) is 38.5 Å². The summed E-state index contributed by atoms with van der Waals surface area (Å²) in [5.74, 6) is 0.271. The fraction of sp³-hybridized carbons (Fsp3) is 0.333. The summed E-state index contributed by atoms with van der Waals surface area (Å²) in [6, 6.07) is 8.91. The number of hydrogen-bond donors (Lipinski definition) is 3. The van der Waals surface area contributed by atoms with Crippen molar-refractivity contribution in [2.45, 2.75) is 26.3 Å². The Morgan fingerprint density at radius 2 is 2.00 bits per heavy atom. The number of benzene rings is 2. The molecule has 0 saturated carbocycles. The molecule has 6 nitrogen and oxygen atoms in total. The van der Waals surface area contributed by atoms with Crippen LogP contribution in [0.3, 0.4) is 0 Å². The van der Waals surface area contributed by atoms with Crippen LogP contribution in [0.4, 0.5) is 14.5 Å². The molecule has 9 heteroatoms. The van der Waals surface area contributed by atoms with Gasteiger partial charge < -0.3 is 20.7 Å². The lowest BCUT2D eigenvalue weighted by atomic mass is 10.0. The molecule has 1 aliphatic rings. The van der Waals surface area contributed by atoms with Crippen LogP contribution in [0.1, 0.15) is 24.5 Å². The van der Waals surface area contributed by atoms with Crippen LogP contribution >= 0.6 is 24.0 Å². The van der Waals surface area contributed by atoms with Gasteiger partial charge in [-0.1, -0.05) is 0 Å². The summed E-state index contributed by atoms with van der Waals surface area (Å²) in [6.07, 6.45) is 1.18. The van der Waals surface area contributed by atoms with Gasteiger partial charge in [-0.25, -0.2) is 13.8 Å². The van der Waals surface area contributed by atoms with Gasteiger partial charge in [-0.3, -0.25) is 4.79 Å². The van der Waals surface area contributed by atoms with Crippen molar-refractivity contribution in [1.29, 1.82) is 0 Å². The largest absolute Gasteiger partial charge is 0.492 e. The highest BCUT2D eigenvalue weighted by molar-refractivity contribution is 14.0. The van der Waals surface area contributed by atoms with Gasteiger partial charge in [0.05, 0.1) is 13.1 Å². The highest BCUT2D eigenvalue weighted by Crippen LogP contribution is 2.26. The van der Waals surface area contributed by atoms with E-state index in [0.717, 1.165) is 35.2 Å². The smallest absolute Gasteiger partial charge is 0.224 e. The van der Waals surface area contributed by atoms with Crippen molar-refractivity contribution < 1.29 is 18.3 Å². The van der Waals surface area contributed by atoms with Crippen LogP contribution in [-0.2, 0) is 17.8 Å². The van der Waals surface area contributed by atoms with Crippen molar-refractivity contribution in [2.24, 2.45) is 4.99 Å². The molecular formula is C21H25F2IN4O2. The third-order valence-corrected chi connectivity index (χ3v) is 4.39. The highest BCUT2D eigenvalue weighted by atomic mass is 127. The van der Waals surface area contributed by atoms with Crippen LogP contribution in [-0.4, -0.2) is 31.6 Å². The maximum atomic E-state index is 13.7. The highest BCUT2D eigenvalue weighted by Gasteiger charge is 2.15. The number of carbonyl (C=O) groups is 1. The van der Waals surface area contributed by atoms with Crippen molar-refractivity contribution in [3.05, 3.63) is 59.2 Å². The molecule has 1 heterocycles. The van der Waals surface area contributed by atoms with E-state index in [-0.39, 0.29) is 42.0 Å². The van der Waals surface area contributed by atoms with Gasteiger partial charge in [0, 0.05) is 24.2 Å². The molecule has 3 rings (SSSR count). The van der Waals surface area contributed by atoms with Crippen LogP contribution in [0, 0.1) is 11.6 Å². The zero-order valence-corrected chi connectivity index (χ0v) is 19.0. The minimum atomic E-state index is -0.493. The van der Waals surface area contributed by atoms with E-state index in [4.69, 9.17) is 4.74 Å². The van der Waals surface area contributed by atoms with Gasteiger partial charge in [0.15, 0.2) is 5.96 Å². The molecule has 0 aliphatic carbocycles. The molecule has 1 amide bonds. The van der Waals surface area contributed by atoms with E-state index < -0.39 is 11.6 Å². The van der Waals surface area contributed by atoms with E-state index in [1.807, 2.05) is 25.1 Å². The van der Waals surface area contributed by atoms with Gasteiger partial charge in [-0.05, 0) is 55.3 Å². The van der Waals surface area contributed by atoms with E-state index in [9.17, 15) is 13.6 Å². The molecule has 30 heavy (non-hydrogen) atoms. The number of carbonyl (C=O) groups excluding carboxylic acids is 1. The maximum Gasteiger partial charge on any atom is 0.224 e. The molecule has 3 N–H and O–H groups in total. The molecule has 0 unspecified atom stereocenters. The van der Waals surface area contributed by atoms with Gasteiger partial charge in [-0.15, -0.1) is 24.0 Å². The molecule has 2 aromatic rings. The summed E-state index contributed by atoms with van der Waals surface area (Å²) < 4.78 is 32.7. The van der Waals surface area contributed by atoms with Gasteiger partial charge in [-0.2, -0.15) is 0 Å². The molecule has 0 radical (unpaired) electrons. The number of anilines is 1. The molecule has 0 spiro atoms. The Kier molecular flexibility index (Phi) is 9.28. The van der Waals surface area contributed by atoms with Crippen molar-refractivity contribution >= 4 is 41.5 Å². The van der Waals surface area contributed by atoms with Crippen LogP contribution in [0.15, 0.2) is 41.4 Å². The van der Waals surface area contributed by atoms with Crippen LogP contribution < -0.4 is 20.7 Å². The number of halogens is 3. The Morgan fingerprint density at radius 3 is 2.80 bits per heavy atom. The van der Waals surface area contributed by atoms with E-state index >= 15 is 0 Å². The number of aliphatic imine (C=N–C) groups is 1. The Bertz CT molecular complexity index is 909. The monoisotopic (exact) mass is 530 g/mol. The minimum absolute atomic E-state index is 0. The normalized spacial score (nSPS) is 13.0. The number of amides is 1. The number of nitrogens with zero attached hydrogens (tertiary/aromatic N) is 1. The Morgan fingerprint density at radius 1 is 1.17 bits per heavy atom. The average Bonchev–Trinajstić information content (AvgIpc) is 2.71. The van der Waals surface area contributed by atoms with Gasteiger partial charge in [0.1, 0.15) is 24.0 Å². The number of hydrogen-bond acceptors (Lipinski definition) is 3. The Balaban J connectivity index is 0.00000320. The molecule has 0 bridgehead atoms. The first kappa shape index (κ1) is 23.8. The summed E-state index contributed by atoms with van der Waals surface area (Å²) in [5.41, 5.74) is 2.08. The predicted octanol–water partition coefficient (Wildman–Crippen LogP) is 3.60. The number of guanidine groups is 1. The van der Waals surface area contributed by atoms with Crippen LogP contribution in [0.2, 0.25) is 0 Å². The first-order valence-electron chi connectivity index (χ1n) is 9.57. The fourth-order valence-corrected chi connectivity index (χ4v) is 2.96. The van der Waals surface area contributed by atoms with Crippen LogP contribution in [0.5, 0.6) is 5.75 Å². The zero-order chi connectivity index (χ0) is 20.6. The second kappa shape index (κ2) is 11.7. The lowest BCUT2D eigenvalue weighted by Crippen LogP contribution is -2.39.